The van der Waals surface area contributed by atoms with Gasteiger partial charge in [0.25, 0.3) is 0 Å². The van der Waals surface area contributed by atoms with Gasteiger partial charge in [0.2, 0.25) is 5.65 Å². The Morgan fingerprint density at radius 2 is 2.12 bits per heavy atom. The maximum Gasteiger partial charge on any atom is 0.407 e. The number of hydrogen-bond donors (Lipinski definition) is 1. The third kappa shape index (κ3) is 4.69. The molecule has 4 aromatic rings. The summed E-state index contributed by atoms with van der Waals surface area (Å²) in [4.78, 5) is 27.8. The monoisotopic (exact) mass is 446 g/mol. The Labute approximate surface area is 191 Å². The van der Waals surface area contributed by atoms with Gasteiger partial charge >= 0.3 is 6.09 Å². The average molecular weight is 447 g/mol. The fraction of sp³-hybridized carbons (Fsp3) is 0.391. The van der Waals surface area contributed by atoms with Gasteiger partial charge in [-0.05, 0) is 51.0 Å². The maximum absolute atomic E-state index is 12.1. The summed E-state index contributed by atoms with van der Waals surface area (Å²) in [6.07, 6.45) is 3.90. The first-order valence-electron chi connectivity index (χ1n) is 11.0. The van der Waals surface area contributed by atoms with Gasteiger partial charge in [0.05, 0.1) is 24.3 Å². The number of rotatable bonds is 4. The van der Waals surface area contributed by atoms with Crippen molar-refractivity contribution in [3.05, 3.63) is 48.3 Å². The van der Waals surface area contributed by atoms with Crippen molar-refractivity contribution in [2.24, 2.45) is 0 Å². The molecule has 10 heteroatoms. The van der Waals surface area contributed by atoms with E-state index < -0.39 is 11.7 Å². The highest BCUT2D eigenvalue weighted by Crippen LogP contribution is 2.21. The largest absolute Gasteiger partial charge is 0.444 e. The van der Waals surface area contributed by atoms with Gasteiger partial charge < -0.3 is 15.0 Å². The van der Waals surface area contributed by atoms with Crippen LogP contribution in [0.1, 0.15) is 32.8 Å². The molecule has 1 unspecified atom stereocenters. The second-order valence-corrected chi connectivity index (χ2v) is 9.23. The molecule has 1 saturated heterocycles. The van der Waals surface area contributed by atoms with Crippen LogP contribution in [0.15, 0.2) is 42.7 Å². The number of ether oxygens (including phenoxy) is 1. The average Bonchev–Trinajstić information content (AvgIpc) is 3.39. The normalized spacial score (nSPS) is 16.5. The van der Waals surface area contributed by atoms with Gasteiger partial charge in [-0.3, -0.25) is 4.98 Å². The van der Waals surface area contributed by atoms with E-state index in [2.05, 4.69) is 36.6 Å². The van der Waals surface area contributed by atoms with E-state index in [9.17, 15) is 4.79 Å². The fourth-order valence-electron chi connectivity index (χ4n) is 3.96. The minimum Gasteiger partial charge on any atom is -0.444 e. The molecule has 1 fully saturated rings. The lowest BCUT2D eigenvalue weighted by Gasteiger charge is -2.22. The molecule has 0 radical (unpaired) electrons. The van der Waals surface area contributed by atoms with Gasteiger partial charge in [-0.2, -0.15) is 0 Å². The summed E-state index contributed by atoms with van der Waals surface area (Å²) in [6, 6.07) is 10.1. The quantitative estimate of drug-likeness (QED) is 0.509. The van der Waals surface area contributed by atoms with E-state index in [1.54, 1.807) is 17.1 Å². The maximum atomic E-state index is 12.1. The zero-order valence-corrected chi connectivity index (χ0v) is 18.9. The number of pyridine rings is 1. The fourth-order valence-corrected chi connectivity index (χ4v) is 3.96. The van der Waals surface area contributed by atoms with Gasteiger partial charge in [0.1, 0.15) is 11.4 Å². The third-order valence-corrected chi connectivity index (χ3v) is 5.45. The molecule has 0 aliphatic carbocycles. The van der Waals surface area contributed by atoms with Crippen molar-refractivity contribution < 1.29 is 9.53 Å². The minimum absolute atomic E-state index is 0.00779. The van der Waals surface area contributed by atoms with Gasteiger partial charge in [-0.15, -0.1) is 5.10 Å². The van der Waals surface area contributed by atoms with E-state index in [1.807, 2.05) is 45.0 Å². The summed E-state index contributed by atoms with van der Waals surface area (Å²) in [6.45, 7) is 7.49. The summed E-state index contributed by atoms with van der Waals surface area (Å²) in [5.74, 6) is 0.738. The molecule has 1 amide bonds. The Morgan fingerprint density at radius 3 is 2.97 bits per heavy atom. The number of alkyl carbamates (subject to hydrolysis) is 1. The van der Waals surface area contributed by atoms with Crippen molar-refractivity contribution in [2.75, 3.05) is 18.0 Å². The molecule has 1 atom stereocenters. The topological polar surface area (TPSA) is 111 Å². The number of anilines is 1. The number of benzene rings is 1. The van der Waals surface area contributed by atoms with Crippen LogP contribution in [0.3, 0.4) is 0 Å². The highest BCUT2D eigenvalue weighted by molar-refractivity contribution is 5.79. The van der Waals surface area contributed by atoms with Crippen molar-refractivity contribution in [1.29, 1.82) is 0 Å². The van der Waals surface area contributed by atoms with Gasteiger partial charge in [0, 0.05) is 24.7 Å². The van der Waals surface area contributed by atoms with Crippen LogP contribution in [0.5, 0.6) is 0 Å². The van der Waals surface area contributed by atoms with Crippen LogP contribution in [0.4, 0.5) is 10.6 Å². The lowest BCUT2D eigenvalue weighted by atomic mass is 10.1. The molecule has 1 aliphatic rings. The number of fused-ring (bicyclic) bond motifs is 2. The predicted octanol–water partition coefficient (Wildman–Crippen LogP) is 2.92. The van der Waals surface area contributed by atoms with Crippen LogP contribution >= 0.6 is 0 Å². The van der Waals surface area contributed by atoms with E-state index >= 15 is 0 Å². The lowest BCUT2D eigenvalue weighted by Crippen LogP contribution is -2.40. The minimum atomic E-state index is -0.522. The van der Waals surface area contributed by atoms with Crippen LogP contribution in [0.2, 0.25) is 0 Å². The first kappa shape index (κ1) is 21.0. The number of nitrogens with one attached hydrogen (secondary N) is 1. The van der Waals surface area contributed by atoms with Gasteiger partial charge in [-0.1, -0.05) is 17.3 Å². The molecule has 0 spiro atoms. The Balaban J connectivity index is 1.31. The molecule has 0 bridgehead atoms. The molecule has 1 aliphatic heterocycles. The van der Waals surface area contributed by atoms with E-state index in [-0.39, 0.29) is 6.04 Å². The van der Waals surface area contributed by atoms with Gasteiger partial charge in [0.15, 0.2) is 5.65 Å². The summed E-state index contributed by atoms with van der Waals surface area (Å²) >= 11 is 0. The molecule has 5 rings (SSSR count). The number of nitrogens with zero attached hydrogens (tertiary/aromatic N) is 7. The molecule has 170 valence electrons. The standard InChI is InChI=1S/C23H26N8O2/c1-23(2,3)33-22(32)26-17-8-10-30(14-17)19-12-25-20-21(27-19)31(29-28-20)13-15-6-7-18-16(11-15)5-4-9-24-18/h4-7,9,11-12,17H,8,10,13-14H2,1-3H3,(H,26,32). The molecular formula is C23H26N8O2. The lowest BCUT2D eigenvalue weighted by molar-refractivity contribution is 0.0509. The first-order chi connectivity index (χ1) is 15.8. The van der Waals surface area contributed by atoms with Crippen molar-refractivity contribution in [2.45, 2.75) is 45.4 Å². The van der Waals surface area contributed by atoms with Crippen LogP contribution in [0, 0.1) is 0 Å². The number of hydrogen-bond acceptors (Lipinski definition) is 8. The molecule has 10 nitrogen and oxygen atoms in total. The molecular weight excluding hydrogens is 420 g/mol. The third-order valence-electron chi connectivity index (χ3n) is 5.45. The predicted molar refractivity (Wildman–Crippen MR) is 124 cm³/mol. The van der Waals surface area contributed by atoms with E-state index in [0.29, 0.717) is 24.4 Å². The second kappa shape index (κ2) is 8.27. The molecule has 0 saturated carbocycles. The number of amides is 1. The van der Waals surface area contributed by atoms with Crippen LogP contribution in [-0.2, 0) is 11.3 Å². The molecule has 1 aromatic carbocycles. The van der Waals surface area contributed by atoms with Crippen molar-refractivity contribution in [3.63, 3.8) is 0 Å². The summed E-state index contributed by atoms with van der Waals surface area (Å²) in [5, 5.41) is 12.4. The molecule has 3 aromatic heterocycles. The zero-order valence-electron chi connectivity index (χ0n) is 18.9. The molecule has 4 heterocycles. The Morgan fingerprint density at radius 1 is 1.24 bits per heavy atom. The zero-order chi connectivity index (χ0) is 23.0. The van der Waals surface area contributed by atoms with E-state index in [1.165, 1.54) is 0 Å². The van der Waals surface area contributed by atoms with Crippen molar-refractivity contribution in [3.8, 4) is 0 Å². The molecule has 33 heavy (non-hydrogen) atoms. The van der Waals surface area contributed by atoms with Crippen molar-refractivity contribution >= 4 is 34.1 Å². The smallest absolute Gasteiger partial charge is 0.407 e. The van der Waals surface area contributed by atoms with Crippen LogP contribution < -0.4 is 10.2 Å². The number of carbonyl (C=O) groups excluding carboxylic acids is 1. The summed E-state index contributed by atoms with van der Waals surface area (Å²) in [7, 11) is 0. The van der Waals surface area contributed by atoms with Gasteiger partial charge in [-0.25, -0.2) is 19.4 Å². The highest BCUT2D eigenvalue weighted by Gasteiger charge is 2.27. The Kier molecular flexibility index (Phi) is 5.27. The van der Waals surface area contributed by atoms with Crippen molar-refractivity contribution in [1.82, 2.24) is 35.3 Å². The number of carbonyl (C=O) groups is 1. The van der Waals surface area contributed by atoms with E-state index in [0.717, 1.165) is 35.2 Å². The van der Waals surface area contributed by atoms with Crippen LogP contribution in [0.25, 0.3) is 22.2 Å². The summed E-state index contributed by atoms with van der Waals surface area (Å²) in [5.41, 5.74) is 2.64. The molecule has 1 N–H and O–H groups in total. The SMILES string of the molecule is CC(C)(C)OC(=O)NC1CCN(c2cnc3nnn(Cc4ccc5ncccc5c4)c3n2)C1. The number of aromatic nitrogens is 6. The van der Waals surface area contributed by atoms with Crippen LogP contribution in [-0.4, -0.2) is 60.8 Å². The Hall–Kier alpha value is -3.82. The Bertz CT molecular complexity index is 1310. The summed E-state index contributed by atoms with van der Waals surface area (Å²) < 4.78 is 7.13. The highest BCUT2D eigenvalue weighted by atomic mass is 16.6. The second-order valence-electron chi connectivity index (χ2n) is 9.23. The van der Waals surface area contributed by atoms with E-state index in [4.69, 9.17) is 9.72 Å². The first-order valence-corrected chi connectivity index (χ1v) is 11.0.